The Morgan fingerprint density at radius 3 is 1.00 bits per heavy atom. The second-order valence-corrected chi connectivity index (χ2v) is 10.6. The molecule has 2 aromatic carbocycles. The third-order valence-electron chi connectivity index (χ3n) is 4.61. The summed E-state index contributed by atoms with van der Waals surface area (Å²) in [5, 5.41) is 6.57. The fourth-order valence-electron chi connectivity index (χ4n) is 2.85. The molecule has 2 saturated heterocycles. The van der Waals surface area contributed by atoms with Gasteiger partial charge in [0.05, 0.1) is 0 Å². The highest BCUT2D eigenvalue weighted by atomic mass is 14.9. The van der Waals surface area contributed by atoms with Gasteiger partial charge in [0, 0.05) is 0 Å². The van der Waals surface area contributed by atoms with Crippen LogP contribution in [0.2, 0.25) is 0 Å². The van der Waals surface area contributed by atoms with Crippen LogP contribution >= 0.6 is 0 Å². The molecule has 0 bridgehead atoms. The Labute approximate surface area is 220 Å². The van der Waals surface area contributed by atoms with Crippen molar-refractivity contribution in [1.29, 1.82) is 0 Å². The minimum absolute atomic E-state index is 0.833. The van der Waals surface area contributed by atoms with Crippen molar-refractivity contribution in [1.82, 2.24) is 10.6 Å². The van der Waals surface area contributed by atoms with Crippen LogP contribution in [0, 0.1) is 18.8 Å². The summed E-state index contributed by atoms with van der Waals surface area (Å²) in [5.41, 5.74) is 2.73. The maximum atomic E-state index is 3.28. The van der Waals surface area contributed by atoms with Crippen LogP contribution in [-0.4, -0.2) is 26.2 Å². The van der Waals surface area contributed by atoms with Crippen LogP contribution in [-0.2, 0) is 6.42 Å². The van der Waals surface area contributed by atoms with Crippen molar-refractivity contribution < 1.29 is 0 Å². The zero-order valence-corrected chi connectivity index (χ0v) is 24.7. The smallest absolute Gasteiger partial charge is 0.00489 e. The number of hydrogen-bond donors (Lipinski definition) is 2. The van der Waals surface area contributed by atoms with Gasteiger partial charge in [-0.1, -0.05) is 128 Å². The molecule has 2 fully saturated rings. The van der Waals surface area contributed by atoms with Crippen molar-refractivity contribution in [2.45, 2.75) is 100 Å². The Morgan fingerprint density at radius 2 is 0.857 bits per heavy atom. The molecule has 2 aliphatic rings. The molecule has 0 aromatic heterocycles. The van der Waals surface area contributed by atoms with Crippen LogP contribution < -0.4 is 10.6 Å². The number of rotatable bonds is 1. The van der Waals surface area contributed by atoms with Crippen LogP contribution in [0.4, 0.5) is 0 Å². The lowest BCUT2D eigenvalue weighted by Gasteiger charge is -2.08. The Morgan fingerprint density at radius 1 is 0.543 bits per heavy atom. The van der Waals surface area contributed by atoms with Gasteiger partial charge in [0.1, 0.15) is 0 Å². The minimum Gasteiger partial charge on any atom is -0.317 e. The van der Waals surface area contributed by atoms with E-state index in [1.54, 1.807) is 0 Å². The van der Waals surface area contributed by atoms with Gasteiger partial charge in [-0.3, -0.25) is 0 Å². The highest BCUT2D eigenvalue weighted by Gasteiger charge is 1.94. The first-order chi connectivity index (χ1) is 16.8. The summed E-state index contributed by atoms with van der Waals surface area (Å²) in [6.45, 7) is 22.2. The predicted molar refractivity (Wildman–Crippen MR) is 161 cm³/mol. The molecule has 0 unspecified atom stereocenters. The van der Waals surface area contributed by atoms with Crippen molar-refractivity contribution in [3.63, 3.8) is 0 Å². The molecule has 2 aliphatic heterocycles. The highest BCUT2D eigenvalue weighted by Crippen LogP contribution is 1.98. The molecule has 0 radical (unpaired) electrons. The van der Waals surface area contributed by atoms with Crippen LogP contribution in [0.1, 0.15) is 98.1 Å². The molecule has 0 aliphatic carbocycles. The molecule has 4 rings (SSSR count). The van der Waals surface area contributed by atoms with E-state index in [1.807, 2.05) is 24.3 Å². The standard InChI is InChI=1S/C8H10.C7H8.2C5H11N.2C4H10/c1-2-8-6-4-3-5-7-8;1-7-5-3-2-4-6-7;2*1-2-4-6-5-3-1;2*1-4(2)3/h3-7H,2H2,1H3;2-6H,1H3;2*6H,1-5H2;2*4H,1-3H3. The first kappa shape index (κ1) is 35.5. The second-order valence-electron chi connectivity index (χ2n) is 10.6. The monoisotopic (exact) mass is 484 g/mol. The minimum atomic E-state index is 0.833. The average molecular weight is 485 g/mol. The van der Waals surface area contributed by atoms with Crippen molar-refractivity contribution in [3.05, 3.63) is 71.8 Å². The fraction of sp³-hybridized carbons (Fsp3) is 0.636. The summed E-state index contributed by atoms with van der Waals surface area (Å²) < 4.78 is 0. The van der Waals surface area contributed by atoms with E-state index in [1.165, 1.54) is 75.8 Å². The van der Waals surface area contributed by atoms with E-state index in [4.69, 9.17) is 0 Å². The Hall–Kier alpha value is -1.64. The zero-order valence-electron chi connectivity index (χ0n) is 24.7. The Balaban J connectivity index is 0. The van der Waals surface area contributed by atoms with Crippen LogP contribution in [0.25, 0.3) is 0 Å². The summed E-state index contributed by atoms with van der Waals surface area (Å²) in [6.07, 6.45) is 9.57. The van der Waals surface area contributed by atoms with E-state index in [2.05, 4.69) is 102 Å². The summed E-state index contributed by atoms with van der Waals surface area (Å²) in [5.74, 6) is 1.67. The van der Waals surface area contributed by atoms with Crippen molar-refractivity contribution >= 4 is 0 Å². The molecule has 0 atom stereocenters. The van der Waals surface area contributed by atoms with E-state index in [0.717, 1.165) is 18.3 Å². The SMILES string of the molecule is C1CCNCC1.C1CCNCC1.CC(C)C.CC(C)C.CCc1ccccc1.Cc1ccccc1. The highest BCUT2D eigenvalue weighted by molar-refractivity contribution is 5.14. The van der Waals surface area contributed by atoms with E-state index in [0.29, 0.717) is 0 Å². The third kappa shape index (κ3) is 37.1. The normalized spacial score (nSPS) is 14.1. The van der Waals surface area contributed by atoms with Gasteiger partial charge in [0.2, 0.25) is 0 Å². The van der Waals surface area contributed by atoms with Gasteiger partial charge in [0.15, 0.2) is 0 Å². The third-order valence-corrected chi connectivity index (χ3v) is 4.61. The molecule has 0 amide bonds. The van der Waals surface area contributed by atoms with Gasteiger partial charge < -0.3 is 10.6 Å². The lowest BCUT2D eigenvalue weighted by molar-refractivity contribution is 0.520. The van der Waals surface area contributed by atoms with Crippen LogP contribution in [0.5, 0.6) is 0 Å². The summed E-state index contributed by atoms with van der Waals surface area (Å²) in [4.78, 5) is 0. The van der Waals surface area contributed by atoms with Crippen LogP contribution in [0.15, 0.2) is 60.7 Å². The van der Waals surface area contributed by atoms with Gasteiger partial charge in [-0.15, -0.1) is 0 Å². The second kappa shape index (κ2) is 28.6. The van der Waals surface area contributed by atoms with Crippen molar-refractivity contribution in [3.8, 4) is 0 Å². The lowest BCUT2D eigenvalue weighted by atomic mass is 10.2. The molecule has 0 spiro atoms. The van der Waals surface area contributed by atoms with Crippen molar-refractivity contribution in [2.75, 3.05) is 26.2 Å². The van der Waals surface area contributed by atoms with E-state index >= 15 is 0 Å². The Bertz CT molecular complexity index is 553. The zero-order chi connectivity index (χ0) is 26.6. The van der Waals surface area contributed by atoms with Crippen molar-refractivity contribution in [2.24, 2.45) is 11.8 Å². The number of hydrogen-bond acceptors (Lipinski definition) is 2. The average Bonchev–Trinajstić information content (AvgIpc) is 2.88. The van der Waals surface area contributed by atoms with Gasteiger partial charge in [0.25, 0.3) is 0 Å². The first-order valence-electron chi connectivity index (χ1n) is 14.3. The molecule has 2 nitrogen and oxygen atoms in total. The van der Waals surface area contributed by atoms with Gasteiger partial charge >= 0.3 is 0 Å². The molecule has 0 saturated carbocycles. The molecule has 2 heterocycles. The van der Waals surface area contributed by atoms with E-state index < -0.39 is 0 Å². The quantitative estimate of drug-likeness (QED) is 0.422. The number of benzene rings is 2. The fourth-order valence-corrected chi connectivity index (χ4v) is 2.85. The molecule has 202 valence electrons. The van der Waals surface area contributed by atoms with E-state index in [-0.39, 0.29) is 0 Å². The molecule has 2 N–H and O–H groups in total. The van der Waals surface area contributed by atoms with Crippen LogP contribution in [0.3, 0.4) is 0 Å². The predicted octanol–water partition coefficient (Wildman–Crippen LogP) is 9.09. The molecule has 2 heteroatoms. The molecule has 35 heavy (non-hydrogen) atoms. The lowest BCUT2D eigenvalue weighted by Crippen LogP contribution is -2.21. The maximum Gasteiger partial charge on any atom is -0.00489 e. The molecular formula is C33H60N2. The summed E-state index contributed by atoms with van der Waals surface area (Å²) >= 11 is 0. The summed E-state index contributed by atoms with van der Waals surface area (Å²) in [6, 6.07) is 20.7. The largest absolute Gasteiger partial charge is 0.317 e. The molecular weight excluding hydrogens is 424 g/mol. The Kier molecular flexibility index (Phi) is 29.0. The topological polar surface area (TPSA) is 24.1 Å². The number of piperidine rings is 2. The summed E-state index contributed by atoms with van der Waals surface area (Å²) in [7, 11) is 0. The number of nitrogens with one attached hydrogen (secondary N) is 2. The first-order valence-corrected chi connectivity index (χ1v) is 14.3. The maximum absolute atomic E-state index is 3.28. The van der Waals surface area contributed by atoms with E-state index in [9.17, 15) is 0 Å². The van der Waals surface area contributed by atoms with Gasteiger partial charge in [-0.25, -0.2) is 0 Å². The van der Waals surface area contributed by atoms with Gasteiger partial charge in [-0.2, -0.15) is 0 Å². The number of aryl methyl sites for hydroxylation is 2. The van der Waals surface area contributed by atoms with Gasteiger partial charge in [-0.05, 0) is 82.6 Å². The molecule has 2 aromatic rings.